The van der Waals surface area contributed by atoms with Crippen molar-refractivity contribution >= 4 is 15.9 Å². The third-order valence-corrected chi connectivity index (χ3v) is 3.32. The Morgan fingerprint density at radius 1 is 1.07 bits per heavy atom. The number of rotatable bonds is 3. The topological polar surface area (TPSA) is 34.3 Å². The summed E-state index contributed by atoms with van der Waals surface area (Å²) in [6.07, 6.45) is 2.03. The maximum absolute atomic E-state index is 5.14. The molecule has 2 aliphatic heterocycles. The molecule has 2 rings (SSSR count). The van der Waals surface area contributed by atoms with Crippen molar-refractivity contribution in [1.29, 1.82) is 0 Å². The Bertz CT molecular complexity index is 196. The molecule has 0 bridgehead atoms. The molecule has 0 saturated carbocycles. The Labute approximate surface area is 101 Å². The van der Waals surface area contributed by atoms with Gasteiger partial charge in [0.25, 0.3) is 0 Å². The van der Waals surface area contributed by atoms with Crippen LogP contribution in [0, 0.1) is 0 Å². The highest BCUT2D eigenvalue weighted by molar-refractivity contribution is 9.09. The van der Waals surface area contributed by atoms with E-state index in [0.29, 0.717) is 29.2 Å². The number of methoxy groups -OCH3 is 1. The molecule has 0 radical (unpaired) electrons. The maximum atomic E-state index is 5.14. The van der Waals surface area contributed by atoms with Crippen LogP contribution >= 0.6 is 15.9 Å². The van der Waals surface area contributed by atoms with Gasteiger partial charge in [-0.1, -0.05) is 22.9 Å². The van der Waals surface area contributed by atoms with Gasteiger partial charge in [0, 0.05) is 11.9 Å². The first-order valence-corrected chi connectivity index (χ1v) is 6.36. The summed E-state index contributed by atoms with van der Waals surface area (Å²) in [7, 11) is 1.71. The summed E-state index contributed by atoms with van der Waals surface area (Å²) in [6.45, 7) is 8.27. The normalized spacial score (nSPS) is 41.2. The van der Waals surface area contributed by atoms with Crippen LogP contribution in [0.25, 0.3) is 0 Å². The summed E-state index contributed by atoms with van der Waals surface area (Å²) in [6, 6.07) is 0. The van der Waals surface area contributed by atoms with Crippen molar-refractivity contribution in [2.75, 3.05) is 7.11 Å². The minimum Gasteiger partial charge on any atom is -0.379 e. The van der Waals surface area contributed by atoms with Crippen molar-refractivity contribution in [3.8, 4) is 0 Å². The van der Waals surface area contributed by atoms with Gasteiger partial charge in [0.05, 0.1) is 24.4 Å². The fourth-order valence-corrected chi connectivity index (χ4v) is 2.07. The molecular formula is C11H21BrO3. The SMILES string of the molecule is CC(Br)C1OC1C.COC(C)C1OC1C. The molecule has 0 aromatic carbocycles. The van der Waals surface area contributed by atoms with Gasteiger partial charge >= 0.3 is 0 Å². The van der Waals surface area contributed by atoms with Crippen LogP contribution in [-0.4, -0.2) is 42.5 Å². The smallest absolute Gasteiger partial charge is 0.110 e. The Balaban J connectivity index is 0.000000151. The lowest BCUT2D eigenvalue weighted by Gasteiger charge is -2.02. The Hall–Kier alpha value is 0.360. The van der Waals surface area contributed by atoms with Crippen LogP contribution in [0.1, 0.15) is 27.7 Å². The number of alkyl halides is 1. The van der Waals surface area contributed by atoms with E-state index in [1.807, 2.05) is 6.92 Å². The van der Waals surface area contributed by atoms with E-state index < -0.39 is 0 Å². The lowest BCUT2D eigenvalue weighted by Crippen LogP contribution is -2.13. The number of halogens is 1. The zero-order valence-corrected chi connectivity index (χ0v) is 11.7. The van der Waals surface area contributed by atoms with E-state index in [9.17, 15) is 0 Å². The molecule has 6 atom stereocenters. The highest BCUT2D eigenvalue weighted by Gasteiger charge is 2.39. The first kappa shape index (κ1) is 13.4. The van der Waals surface area contributed by atoms with Crippen molar-refractivity contribution < 1.29 is 14.2 Å². The largest absolute Gasteiger partial charge is 0.379 e. The molecule has 2 fully saturated rings. The van der Waals surface area contributed by atoms with E-state index in [2.05, 4.69) is 36.7 Å². The average molecular weight is 281 g/mol. The van der Waals surface area contributed by atoms with Crippen LogP contribution in [0.3, 0.4) is 0 Å². The summed E-state index contributed by atoms with van der Waals surface area (Å²) < 4.78 is 15.3. The van der Waals surface area contributed by atoms with Gasteiger partial charge in [-0.05, 0) is 20.8 Å². The highest BCUT2D eigenvalue weighted by atomic mass is 79.9. The molecule has 4 heteroatoms. The molecule has 0 spiro atoms. The van der Waals surface area contributed by atoms with Crippen LogP contribution < -0.4 is 0 Å². The fourth-order valence-electron chi connectivity index (χ4n) is 1.51. The average Bonchev–Trinajstić information content (AvgIpc) is 3.05. The quantitative estimate of drug-likeness (QED) is 0.588. The molecule has 2 aliphatic rings. The van der Waals surface area contributed by atoms with E-state index in [4.69, 9.17) is 14.2 Å². The van der Waals surface area contributed by atoms with E-state index >= 15 is 0 Å². The molecule has 15 heavy (non-hydrogen) atoms. The zero-order chi connectivity index (χ0) is 11.6. The first-order valence-electron chi connectivity index (χ1n) is 5.45. The standard InChI is InChI=1S/C6H12O2.C5H9BrO/c1-4(7-3)6-5(2)8-6;1-3(6)5-4(2)7-5/h4-6H,1-3H3;3-5H,1-2H3. The second-order valence-electron chi connectivity index (χ2n) is 4.23. The summed E-state index contributed by atoms with van der Waals surface area (Å²) in [5, 5.41) is 0. The third kappa shape index (κ3) is 4.39. The number of epoxide rings is 2. The Kier molecular flexibility index (Phi) is 5.03. The van der Waals surface area contributed by atoms with Crippen molar-refractivity contribution in [3.63, 3.8) is 0 Å². The predicted molar refractivity (Wildman–Crippen MR) is 63.5 cm³/mol. The summed E-state index contributed by atoms with van der Waals surface area (Å²) in [5.74, 6) is 0. The Morgan fingerprint density at radius 2 is 1.47 bits per heavy atom. The molecule has 2 saturated heterocycles. The van der Waals surface area contributed by atoms with E-state index in [1.54, 1.807) is 7.11 Å². The molecule has 3 nitrogen and oxygen atoms in total. The molecule has 0 amide bonds. The van der Waals surface area contributed by atoms with E-state index in [1.165, 1.54) is 0 Å². The van der Waals surface area contributed by atoms with Gasteiger partial charge in [-0.15, -0.1) is 0 Å². The second-order valence-corrected chi connectivity index (χ2v) is 5.67. The summed E-state index contributed by atoms with van der Waals surface area (Å²) >= 11 is 3.42. The van der Waals surface area contributed by atoms with Gasteiger partial charge in [0.1, 0.15) is 6.10 Å². The highest BCUT2D eigenvalue weighted by Crippen LogP contribution is 2.28. The van der Waals surface area contributed by atoms with Gasteiger partial charge in [-0.3, -0.25) is 0 Å². The van der Waals surface area contributed by atoms with Gasteiger partial charge in [-0.2, -0.15) is 0 Å². The van der Waals surface area contributed by atoms with Crippen LogP contribution in [0.2, 0.25) is 0 Å². The fraction of sp³-hybridized carbons (Fsp3) is 1.00. The first-order chi connectivity index (χ1) is 6.97. The lowest BCUT2D eigenvalue weighted by molar-refractivity contribution is 0.0909. The van der Waals surface area contributed by atoms with Crippen LogP contribution in [0.5, 0.6) is 0 Å². The number of hydrogen-bond donors (Lipinski definition) is 0. The maximum Gasteiger partial charge on any atom is 0.110 e. The number of ether oxygens (including phenoxy) is 3. The molecule has 90 valence electrons. The molecular weight excluding hydrogens is 260 g/mol. The predicted octanol–water partition coefficient (Wildman–Crippen LogP) is 2.37. The monoisotopic (exact) mass is 280 g/mol. The van der Waals surface area contributed by atoms with Crippen LogP contribution in [-0.2, 0) is 14.2 Å². The van der Waals surface area contributed by atoms with Crippen LogP contribution in [0.15, 0.2) is 0 Å². The molecule has 0 aromatic rings. The molecule has 0 N–H and O–H groups in total. The van der Waals surface area contributed by atoms with Gasteiger partial charge in [-0.25, -0.2) is 0 Å². The van der Waals surface area contributed by atoms with E-state index in [0.717, 1.165) is 0 Å². The van der Waals surface area contributed by atoms with Crippen molar-refractivity contribution in [1.82, 2.24) is 0 Å². The van der Waals surface area contributed by atoms with Crippen molar-refractivity contribution in [3.05, 3.63) is 0 Å². The summed E-state index contributed by atoms with van der Waals surface area (Å²) in [4.78, 5) is 0.530. The minimum atomic E-state index is 0.269. The third-order valence-electron chi connectivity index (χ3n) is 2.80. The minimum absolute atomic E-state index is 0.269. The number of hydrogen-bond acceptors (Lipinski definition) is 3. The molecule has 0 aromatic heterocycles. The lowest BCUT2D eigenvalue weighted by atomic mass is 10.2. The molecule has 2 heterocycles. The molecule has 6 unspecified atom stereocenters. The Morgan fingerprint density at radius 3 is 1.53 bits per heavy atom. The van der Waals surface area contributed by atoms with Gasteiger partial charge in [0.15, 0.2) is 0 Å². The molecule has 0 aliphatic carbocycles. The van der Waals surface area contributed by atoms with Gasteiger partial charge in [0.2, 0.25) is 0 Å². The van der Waals surface area contributed by atoms with Crippen LogP contribution in [0.4, 0.5) is 0 Å². The zero-order valence-electron chi connectivity index (χ0n) is 10.1. The van der Waals surface area contributed by atoms with Gasteiger partial charge < -0.3 is 14.2 Å². The second kappa shape index (κ2) is 5.62. The van der Waals surface area contributed by atoms with E-state index in [-0.39, 0.29) is 6.10 Å². The van der Waals surface area contributed by atoms with Crippen molar-refractivity contribution in [2.24, 2.45) is 0 Å². The van der Waals surface area contributed by atoms with Crippen molar-refractivity contribution in [2.45, 2.75) is 63.0 Å². The summed E-state index contributed by atoms with van der Waals surface area (Å²) in [5.41, 5.74) is 0.